The first-order valence-electron chi connectivity index (χ1n) is 9.95. The number of benzene rings is 3. The maximum Gasteiger partial charge on any atom is 0.419 e. The van der Waals surface area contributed by atoms with E-state index in [0.29, 0.717) is 6.42 Å². The second kappa shape index (κ2) is 10.8. The van der Waals surface area contributed by atoms with Crippen molar-refractivity contribution < 1.29 is 14.3 Å². The second-order valence-corrected chi connectivity index (χ2v) is 6.93. The van der Waals surface area contributed by atoms with Gasteiger partial charge in [0.25, 0.3) is 0 Å². The van der Waals surface area contributed by atoms with Crippen LogP contribution < -0.4 is 4.90 Å². The molecule has 0 aromatic heterocycles. The van der Waals surface area contributed by atoms with Gasteiger partial charge in [0, 0.05) is 6.42 Å². The lowest BCUT2D eigenvalue weighted by Gasteiger charge is -2.22. The highest BCUT2D eigenvalue weighted by Gasteiger charge is 2.18. The Morgan fingerprint density at radius 2 is 1.50 bits per heavy atom. The SMILES string of the molecule is CC(=O)CCc1cccc(/C=C/COC(=O)N(c2ccccc2)c2ccccc2)c1. The minimum atomic E-state index is -0.438. The van der Waals surface area contributed by atoms with Gasteiger partial charge in [-0.3, -0.25) is 0 Å². The summed E-state index contributed by atoms with van der Waals surface area (Å²) in [6.07, 6.45) is 4.57. The molecule has 1 amide bonds. The first kappa shape index (κ1) is 21.1. The van der Waals surface area contributed by atoms with Crippen molar-refractivity contribution in [2.24, 2.45) is 0 Å². The summed E-state index contributed by atoms with van der Waals surface area (Å²) < 4.78 is 5.50. The van der Waals surface area contributed by atoms with E-state index in [9.17, 15) is 9.59 Å². The molecule has 0 radical (unpaired) electrons. The molecule has 0 atom stereocenters. The molecule has 0 aliphatic heterocycles. The summed E-state index contributed by atoms with van der Waals surface area (Å²) in [5.74, 6) is 0.184. The molecule has 0 spiro atoms. The molecular weight excluding hydrogens is 374 g/mol. The number of carbonyl (C=O) groups excluding carboxylic acids is 2. The van der Waals surface area contributed by atoms with Crippen LogP contribution in [-0.4, -0.2) is 18.5 Å². The van der Waals surface area contributed by atoms with Crippen molar-refractivity contribution in [1.82, 2.24) is 0 Å². The molecule has 4 heteroatoms. The Labute approximate surface area is 177 Å². The summed E-state index contributed by atoms with van der Waals surface area (Å²) in [7, 11) is 0. The van der Waals surface area contributed by atoms with Gasteiger partial charge in [-0.15, -0.1) is 0 Å². The average Bonchev–Trinajstić information content (AvgIpc) is 2.77. The van der Waals surface area contributed by atoms with Crippen molar-refractivity contribution in [3.8, 4) is 0 Å². The maximum absolute atomic E-state index is 12.8. The van der Waals surface area contributed by atoms with Gasteiger partial charge in [0.05, 0.1) is 11.4 Å². The largest absolute Gasteiger partial charge is 0.445 e. The van der Waals surface area contributed by atoms with Crippen molar-refractivity contribution in [2.45, 2.75) is 19.8 Å². The molecule has 0 aliphatic rings. The molecule has 0 saturated heterocycles. The Hall–Kier alpha value is -3.66. The van der Waals surface area contributed by atoms with Gasteiger partial charge in [0.15, 0.2) is 0 Å². The third kappa shape index (κ3) is 6.17. The molecule has 0 aliphatic carbocycles. The van der Waals surface area contributed by atoms with Crippen molar-refractivity contribution in [3.05, 3.63) is 102 Å². The smallest absolute Gasteiger partial charge is 0.419 e. The Kier molecular flexibility index (Phi) is 7.56. The highest BCUT2D eigenvalue weighted by molar-refractivity contribution is 5.95. The van der Waals surface area contributed by atoms with Crippen LogP contribution in [-0.2, 0) is 16.0 Å². The molecule has 0 N–H and O–H groups in total. The molecule has 0 fully saturated rings. The van der Waals surface area contributed by atoms with Gasteiger partial charge in [-0.05, 0) is 54.8 Å². The molecule has 4 nitrogen and oxygen atoms in total. The average molecular weight is 399 g/mol. The predicted octanol–water partition coefficient (Wildman–Crippen LogP) is 6.20. The monoisotopic (exact) mass is 399 g/mol. The van der Waals surface area contributed by atoms with Crippen molar-refractivity contribution >= 4 is 29.3 Å². The summed E-state index contributed by atoms with van der Waals surface area (Å²) in [6.45, 7) is 1.76. The lowest BCUT2D eigenvalue weighted by Crippen LogP contribution is -2.26. The minimum Gasteiger partial charge on any atom is -0.445 e. The Morgan fingerprint density at radius 1 is 0.867 bits per heavy atom. The van der Waals surface area contributed by atoms with E-state index in [1.807, 2.05) is 97.1 Å². The Balaban J connectivity index is 1.63. The number of anilines is 2. The number of amides is 1. The van der Waals surface area contributed by atoms with Gasteiger partial charge >= 0.3 is 6.09 Å². The topological polar surface area (TPSA) is 46.6 Å². The normalized spacial score (nSPS) is 10.7. The summed E-state index contributed by atoms with van der Waals surface area (Å²) >= 11 is 0. The van der Waals surface area contributed by atoms with Crippen LogP contribution in [0.3, 0.4) is 0 Å². The van der Waals surface area contributed by atoms with Crippen LogP contribution >= 0.6 is 0 Å². The highest BCUT2D eigenvalue weighted by atomic mass is 16.6. The molecule has 152 valence electrons. The summed E-state index contributed by atoms with van der Waals surface area (Å²) in [5.41, 5.74) is 3.62. The third-order valence-electron chi connectivity index (χ3n) is 4.54. The predicted molar refractivity (Wildman–Crippen MR) is 121 cm³/mol. The summed E-state index contributed by atoms with van der Waals surface area (Å²) in [6, 6.07) is 26.9. The van der Waals surface area contributed by atoms with E-state index in [2.05, 4.69) is 0 Å². The lowest BCUT2D eigenvalue weighted by molar-refractivity contribution is -0.116. The maximum atomic E-state index is 12.8. The number of para-hydroxylation sites is 2. The number of ether oxygens (including phenoxy) is 1. The van der Waals surface area contributed by atoms with Gasteiger partial charge in [0.2, 0.25) is 0 Å². The quantitative estimate of drug-likeness (QED) is 0.453. The zero-order chi connectivity index (χ0) is 21.2. The van der Waals surface area contributed by atoms with Gasteiger partial charge in [-0.2, -0.15) is 0 Å². The zero-order valence-corrected chi connectivity index (χ0v) is 17.0. The number of hydrogen-bond acceptors (Lipinski definition) is 3. The third-order valence-corrected chi connectivity index (χ3v) is 4.54. The van der Waals surface area contributed by atoms with Crippen LogP contribution in [0.2, 0.25) is 0 Å². The number of rotatable bonds is 8. The van der Waals surface area contributed by atoms with E-state index in [1.165, 1.54) is 0 Å². The molecule has 30 heavy (non-hydrogen) atoms. The van der Waals surface area contributed by atoms with E-state index in [1.54, 1.807) is 11.8 Å². The standard InChI is InChI=1S/C26H25NO3/c1-21(28)17-18-23-11-8-10-22(20-23)12-9-19-30-26(29)27(24-13-4-2-5-14-24)25-15-6-3-7-16-25/h2-16,20H,17-19H2,1H3/b12-9+. The minimum absolute atomic E-state index is 0.159. The lowest BCUT2D eigenvalue weighted by atomic mass is 10.0. The van der Waals surface area contributed by atoms with Crippen LogP contribution in [0.5, 0.6) is 0 Å². The number of aryl methyl sites for hydroxylation is 1. The van der Waals surface area contributed by atoms with Crippen molar-refractivity contribution in [2.75, 3.05) is 11.5 Å². The van der Waals surface area contributed by atoms with Crippen molar-refractivity contribution in [1.29, 1.82) is 0 Å². The van der Waals surface area contributed by atoms with Crippen molar-refractivity contribution in [3.63, 3.8) is 0 Å². The fraction of sp³-hybridized carbons (Fsp3) is 0.154. The van der Waals surface area contributed by atoms with E-state index in [4.69, 9.17) is 4.74 Å². The number of Topliss-reactive ketones (excluding diaryl/α,β-unsaturated/α-hetero) is 1. The van der Waals surface area contributed by atoms with Crippen LogP contribution in [0, 0.1) is 0 Å². The van der Waals surface area contributed by atoms with Gasteiger partial charge in [0.1, 0.15) is 12.4 Å². The van der Waals surface area contributed by atoms with Gasteiger partial charge in [-0.1, -0.05) is 66.7 Å². The summed E-state index contributed by atoms with van der Waals surface area (Å²) in [4.78, 5) is 25.5. The molecule has 0 unspecified atom stereocenters. The first-order valence-corrected chi connectivity index (χ1v) is 9.95. The molecule has 3 aromatic rings. The number of nitrogens with zero attached hydrogens (tertiary/aromatic N) is 1. The number of carbonyl (C=O) groups is 2. The van der Waals surface area contributed by atoms with Gasteiger partial charge in [-0.25, -0.2) is 9.69 Å². The summed E-state index contributed by atoms with van der Waals surface area (Å²) in [5, 5.41) is 0. The fourth-order valence-corrected chi connectivity index (χ4v) is 3.05. The Morgan fingerprint density at radius 3 is 2.10 bits per heavy atom. The van der Waals surface area contributed by atoms with E-state index < -0.39 is 6.09 Å². The molecule has 0 bridgehead atoms. The molecule has 0 saturated carbocycles. The molecular formula is C26H25NO3. The van der Waals surface area contributed by atoms with E-state index >= 15 is 0 Å². The first-order chi connectivity index (χ1) is 14.6. The zero-order valence-electron chi connectivity index (χ0n) is 17.0. The van der Waals surface area contributed by atoms with E-state index in [-0.39, 0.29) is 12.4 Å². The Bertz CT molecular complexity index is 958. The van der Waals surface area contributed by atoms with Gasteiger partial charge < -0.3 is 9.53 Å². The fourth-order valence-electron chi connectivity index (χ4n) is 3.05. The molecule has 3 rings (SSSR count). The van der Waals surface area contributed by atoms with Crippen LogP contribution in [0.25, 0.3) is 6.08 Å². The number of ketones is 1. The molecule has 0 heterocycles. The second-order valence-electron chi connectivity index (χ2n) is 6.93. The number of hydrogen-bond donors (Lipinski definition) is 0. The van der Waals surface area contributed by atoms with Crippen LogP contribution in [0.4, 0.5) is 16.2 Å². The van der Waals surface area contributed by atoms with Crippen LogP contribution in [0.1, 0.15) is 24.5 Å². The highest BCUT2D eigenvalue weighted by Crippen LogP contribution is 2.25. The van der Waals surface area contributed by atoms with E-state index in [0.717, 1.165) is 28.9 Å². The van der Waals surface area contributed by atoms with Crippen LogP contribution in [0.15, 0.2) is 91.0 Å². The molecule has 3 aromatic carbocycles.